The molecule has 2 N–H and O–H groups in total. The van der Waals surface area contributed by atoms with Crippen LogP contribution in [0.1, 0.15) is 19.3 Å². The van der Waals surface area contributed by atoms with E-state index in [1.165, 1.54) is 0 Å². The zero-order chi connectivity index (χ0) is 12.8. The second-order valence-corrected chi connectivity index (χ2v) is 4.75. The summed E-state index contributed by atoms with van der Waals surface area (Å²) < 4.78 is 16.1. The average molecular weight is 251 g/mol. The van der Waals surface area contributed by atoms with Gasteiger partial charge in [0.05, 0.1) is 13.7 Å². The zero-order valence-electron chi connectivity index (χ0n) is 10.9. The summed E-state index contributed by atoms with van der Waals surface area (Å²) in [6.07, 6.45) is 2.69. The van der Waals surface area contributed by atoms with Gasteiger partial charge in [-0.1, -0.05) is 0 Å². The van der Waals surface area contributed by atoms with Gasteiger partial charge >= 0.3 is 0 Å². The highest BCUT2D eigenvalue weighted by Gasteiger charge is 2.27. The second kappa shape index (κ2) is 6.07. The molecule has 1 aromatic rings. The van der Waals surface area contributed by atoms with E-state index in [9.17, 15) is 0 Å². The Hall–Kier alpha value is -1.26. The number of ether oxygens (including phenoxy) is 3. The van der Waals surface area contributed by atoms with Crippen molar-refractivity contribution in [1.82, 2.24) is 0 Å². The largest absolute Gasteiger partial charge is 0.497 e. The molecular formula is C14H21NO3. The molecule has 1 aliphatic rings. The highest BCUT2D eigenvalue weighted by atomic mass is 16.5. The molecule has 2 rings (SSSR count). The minimum atomic E-state index is -0.120. The standard InChI is InChI=1S/C14H21NO3/c1-16-12-2-4-13(5-3-12)18-11-8-14(15)6-9-17-10-7-14/h2-5H,6-11,15H2,1H3. The van der Waals surface area contributed by atoms with Gasteiger partial charge in [-0.15, -0.1) is 0 Å². The van der Waals surface area contributed by atoms with Crippen LogP contribution < -0.4 is 15.2 Å². The average Bonchev–Trinajstić information content (AvgIpc) is 2.40. The summed E-state index contributed by atoms with van der Waals surface area (Å²) in [6, 6.07) is 7.60. The lowest BCUT2D eigenvalue weighted by Crippen LogP contribution is -2.46. The lowest BCUT2D eigenvalue weighted by Gasteiger charge is -2.33. The Kier molecular flexibility index (Phi) is 4.44. The Morgan fingerprint density at radius 1 is 1.17 bits per heavy atom. The maximum Gasteiger partial charge on any atom is 0.119 e. The van der Waals surface area contributed by atoms with E-state index in [4.69, 9.17) is 19.9 Å². The van der Waals surface area contributed by atoms with Crippen LogP contribution >= 0.6 is 0 Å². The molecule has 1 aliphatic heterocycles. The molecule has 0 amide bonds. The molecule has 18 heavy (non-hydrogen) atoms. The summed E-state index contributed by atoms with van der Waals surface area (Å²) in [7, 11) is 1.65. The van der Waals surface area contributed by atoms with Crippen molar-refractivity contribution in [1.29, 1.82) is 0 Å². The number of benzene rings is 1. The summed E-state index contributed by atoms with van der Waals surface area (Å²) in [5, 5.41) is 0. The zero-order valence-corrected chi connectivity index (χ0v) is 10.9. The molecule has 0 spiro atoms. The third-order valence-electron chi connectivity index (χ3n) is 3.42. The topological polar surface area (TPSA) is 53.7 Å². The van der Waals surface area contributed by atoms with Gasteiger partial charge in [0, 0.05) is 18.8 Å². The predicted octanol–water partition coefficient (Wildman–Crippen LogP) is 1.97. The van der Waals surface area contributed by atoms with E-state index < -0.39 is 0 Å². The molecular weight excluding hydrogens is 230 g/mol. The number of hydrogen-bond donors (Lipinski definition) is 1. The SMILES string of the molecule is COc1ccc(OCCC2(N)CCOCC2)cc1. The maximum atomic E-state index is 6.29. The van der Waals surface area contributed by atoms with Crippen LogP contribution in [0, 0.1) is 0 Å². The van der Waals surface area contributed by atoms with Crippen LogP contribution in [-0.4, -0.2) is 32.5 Å². The third-order valence-corrected chi connectivity index (χ3v) is 3.42. The normalized spacial score (nSPS) is 18.3. The summed E-state index contributed by atoms with van der Waals surface area (Å²) in [5.74, 6) is 1.69. The third kappa shape index (κ3) is 3.62. The lowest BCUT2D eigenvalue weighted by molar-refractivity contribution is 0.0451. The number of nitrogens with two attached hydrogens (primary N) is 1. The van der Waals surface area contributed by atoms with Crippen molar-refractivity contribution < 1.29 is 14.2 Å². The van der Waals surface area contributed by atoms with E-state index in [2.05, 4.69) is 0 Å². The molecule has 0 unspecified atom stereocenters. The van der Waals surface area contributed by atoms with E-state index in [1.807, 2.05) is 24.3 Å². The molecule has 0 atom stereocenters. The van der Waals surface area contributed by atoms with E-state index >= 15 is 0 Å². The van der Waals surface area contributed by atoms with Crippen LogP contribution in [0.3, 0.4) is 0 Å². The Balaban J connectivity index is 1.77. The van der Waals surface area contributed by atoms with Crippen molar-refractivity contribution >= 4 is 0 Å². The predicted molar refractivity (Wildman–Crippen MR) is 70.1 cm³/mol. The van der Waals surface area contributed by atoms with Gasteiger partial charge in [0.1, 0.15) is 11.5 Å². The van der Waals surface area contributed by atoms with Crippen molar-refractivity contribution in [3.63, 3.8) is 0 Å². The summed E-state index contributed by atoms with van der Waals surface area (Å²) >= 11 is 0. The molecule has 0 bridgehead atoms. The van der Waals surface area contributed by atoms with E-state index in [0.29, 0.717) is 6.61 Å². The molecule has 1 heterocycles. The molecule has 0 radical (unpaired) electrons. The van der Waals surface area contributed by atoms with Crippen LogP contribution in [0.15, 0.2) is 24.3 Å². The van der Waals surface area contributed by atoms with Crippen LogP contribution in [0.5, 0.6) is 11.5 Å². The van der Waals surface area contributed by atoms with Crippen LogP contribution in [0.2, 0.25) is 0 Å². The Morgan fingerprint density at radius 2 is 1.78 bits per heavy atom. The number of rotatable bonds is 5. The summed E-state index contributed by atoms with van der Waals surface area (Å²) in [5.41, 5.74) is 6.17. The van der Waals surface area contributed by atoms with Gasteiger partial charge in [0.15, 0.2) is 0 Å². The number of methoxy groups -OCH3 is 1. The first-order chi connectivity index (χ1) is 8.72. The van der Waals surface area contributed by atoms with Crippen LogP contribution in [0.4, 0.5) is 0 Å². The minimum Gasteiger partial charge on any atom is -0.497 e. The van der Waals surface area contributed by atoms with E-state index in [0.717, 1.165) is 44.0 Å². The molecule has 0 aromatic heterocycles. The first-order valence-electron chi connectivity index (χ1n) is 6.35. The van der Waals surface area contributed by atoms with Gasteiger partial charge in [-0.2, -0.15) is 0 Å². The molecule has 1 fully saturated rings. The monoisotopic (exact) mass is 251 g/mol. The van der Waals surface area contributed by atoms with Gasteiger partial charge in [0.25, 0.3) is 0 Å². The van der Waals surface area contributed by atoms with Crippen molar-refractivity contribution in [2.45, 2.75) is 24.8 Å². The fourth-order valence-electron chi connectivity index (χ4n) is 2.07. The molecule has 4 nitrogen and oxygen atoms in total. The van der Waals surface area contributed by atoms with Crippen LogP contribution in [0.25, 0.3) is 0 Å². The van der Waals surface area contributed by atoms with Gasteiger partial charge in [-0.25, -0.2) is 0 Å². The molecule has 0 aliphatic carbocycles. The molecule has 4 heteroatoms. The highest BCUT2D eigenvalue weighted by Crippen LogP contribution is 2.22. The van der Waals surface area contributed by atoms with Gasteiger partial charge in [-0.05, 0) is 43.5 Å². The summed E-state index contributed by atoms with van der Waals surface area (Å²) in [4.78, 5) is 0. The highest BCUT2D eigenvalue weighted by molar-refractivity contribution is 5.31. The molecule has 0 saturated carbocycles. The Morgan fingerprint density at radius 3 is 2.39 bits per heavy atom. The van der Waals surface area contributed by atoms with Crippen molar-refractivity contribution in [3.05, 3.63) is 24.3 Å². The molecule has 100 valence electrons. The fraction of sp³-hybridized carbons (Fsp3) is 0.571. The van der Waals surface area contributed by atoms with Crippen LogP contribution in [-0.2, 0) is 4.74 Å². The van der Waals surface area contributed by atoms with Gasteiger partial charge < -0.3 is 19.9 Å². The first kappa shape index (κ1) is 13.2. The lowest BCUT2D eigenvalue weighted by atomic mass is 9.88. The maximum absolute atomic E-state index is 6.29. The first-order valence-corrected chi connectivity index (χ1v) is 6.35. The number of hydrogen-bond acceptors (Lipinski definition) is 4. The van der Waals surface area contributed by atoms with Crippen molar-refractivity contribution in [3.8, 4) is 11.5 Å². The molecule has 1 aromatic carbocycles. The summed E-state index contributed by atoms with van der Waals surface area (Å²) in [6.45, 7) is 2.17. The van der Waals surface area contributed by atoms with Crippen molar-refractivity contribution in [2.24, 2.45) is 5.73 Å². The van der Waals surface area contributed by atoms with E-state index in [-0.39, 0.29) is 5.54 Å². The fourth-order valence-corrected chi connectivity index (χ4v) is 2.07. The van der Waals surface area contributed by atoms with Crippen molar-refractivity contribution in [2.75, 3.05) is 26.9 Å². The minimum absolute atomic E-state index is 0.120. The smallest absolute Gasteiger partial charge is 0.119 e. The second-order valence-electron chi connectivity index (χ2n) is 4.75. The molecule has 1 saturated heterocycles. The Labute approximate surface area is 108 Å². The van der Waals surface area contributed by atoms with E-state index in [1.54, 1.807) is 7.11 Å². The Bertz CT molecular complexity index is 358. The van der Waals surface area contributed by atoms with Gasteiger partial charge in [0.2, 0.25) is 0 Å². The quantitative estimate of drug-likeness (QED) is 0.869. The van der Waals surface area contributed by atoms with Gasteiger partial charge in [-0.3, -0.25) is 0 Å².